The van der Waals surface area contributed by atoms with E-state index in [0.717, 1.165) is 5.02 Å². The summed E-state index contributed by atoms with van der Waals surface area (Å²) in [6.07, 6.45) is 2.38. The summed E-state index contributed by atoms with van der Waals surface area (Å²) >= 11 is 6.06. The lowest BCUT2D eigenvalue weighted by molar-refractivity contribution is 0.374. The first kappa shape index (κ1) is 13.5. The molecule has 0 saturated heterocycles. The van der Waals surface area contributed by atoms with Crippen LogP contribution in [0.15, 0.2) is 42.5 Å². The fourth-order valence-corrected chi connectivity index (χ4v) is 3.26. The van der Waals surface area contributed by atoms with E-state index < -0.39 is 0 Å². The van der Waals surface area contributed by atoms with E-state index in [2.05, 4.69) is 49.5 Å². The monoisotopic (exact) mass is 285 g/mol. The molecule has 1 aliphatic carbocycles. The molecule has 2 aromatic rings. The van der Waals surface area contributed by atoms with Gasteiger partial charge >= 0.3 is 0 Å². The molecule has 0 spiro atoms. The van der Waals surface area contributed by atoms with Crippen LogP contribution in [0.5, 0.6) is 0 Å². The fourth-order valence-electron chi connectivity index (χ4n) is 3.06. The molecule has 1 fully saturated rings. The lowest BCUT2D eigenvalue weighted by atomic mass is 9.76. The molecule has 0 aliphatic heterocycles. The van der Waals surface area contributed by atoms with Crippen LogP contribution < -0.4 is 5.32 Å². The normalized spacial score (nSPS) is 21.4. The SMILES string of the molecule is Cc1cc(C)cc(NC2CC(c3cccc(Cl)c3)C2)c1. The lowest BCUT2D eigenvalue weighted by Crippen LogP contribution is -2.34. The Kier molecular flexibility index (Phi) is 3.71. The summed E-state index contributed by atoms with van der Waals surface area (Å²) < 4.78 is 0. The third-order valence-corrected chi connectivity index (χ3v) is 4.29. The maximum absolute atomic E-state index is 6.06. The minimum atomic E-state index is 0.584. The maximum atomic E-state index is 6.06. The van der Waals surface area contributed by atoms with E-state index in [0.29, 0.717) is 12.0 Å². The van der Waals surface area contributed by atoms with Crippen molar-refractivity contribution in [3.05, 3.63) is 64.2 Å². The fraction of sp³-hybridized carbons (Fsp3) is 0.333. The van der Waals surface area contributed by atoms with Gasteiger partial charge in [-0.25, -0.2) is 0 Å². The van der Waals surface area contributed by atoms with E-state index in [9.17, 15) is 0 Å². The van der Waals surface area contributed by atoms with Crippen LogP contribution in [-0.4, -0.2) is 6.04 Å². The molecule has 0 atom stereocenters. The Labute approximate surface area is 126 Å². The summed E-state index contributed by atoms with van der Waals surface area (Å²) in [5.41, 5.74) is 5.25. The number of nitrogens with one attached hydrogen (secondary N) is 1. The average Bonchev–Trinajstić information content (AvgIpc) is 2.32. The second kappa shape index (κ2) is 5.49. The molecule has 0 unspecified atom stereocenters. The summed E-state index contributed by atoms with van der Waals surface area (Å²) in [5.74, 6) is 0.650. The Bertz CT molecular complexity index is 594. The molecule has 2 aromatic carbocycles. The van der Waals surface area contributed by atoms with Crippen LogP contribution in [0.3, 0.4) is 0 Å². The zero-order chi connectivity index (χ0) is 14.1. The third-order valence-electron chi connectivity index (χ3n) is 4.05. The van der Waals surface area contributed by atoms with Gasteiger partial charge in [0.25, 0.3) is 0 Å². The smallest absolute Gasteiger partial charge is 0.0408 e. The topological polar surface area (TPSA) is 12.0 Å². The van der Waals surface area contributed by atoms with Crippen LogP contribution in [0.2, 0.25) is 5.02 Å². The first-order valence-corrected chi connectivity index (χ1v) is 7.58. The van der Waals surface area contributed by atoms with Crippen LogP contribution in [-0.2, 0) is 0 Å². The molecule has 0 radical (unpaired) electrons. The highest BCUT2D eigenvalue weighted by Gasteiger charge is 2.30. The van der Waals surface area contributed by atoms with Crippen molar-refractivity contribution < 1.29 is 0 Å². The van der Waals surface area contributed by atoms with Gasteiger partial charge in [-0.15, -0.1) is 0 Å². The Hall–Kier alpha value is -1.47. The molecule has 2 heteroatoms. The molecule has 1 saturated carbocycles. The Morgan fingerprint density at radius 2 is 1.70 bits per heavy atom. The predicted octanol–water partition coefficient (Wildman–Crippen LogP) is 5.31. The molecule has 0 amide bonds. The zero-order valence-electron chi connectivity index (χ0n) is 12.0. The number of hydrogen-bond acceptors (Lipinski definition) is 1. The van der Waals surface area contributed by atoms with E-state index in [1.807, 2.05) is 12.1 Å². The van der Waals surface area contributed by atoms with Gasteiger partial charge in [-0.05, 0) is 73.6 Å². The van der Waals surface area contributed by atoms with E-state index in [-0.39, 0.29) is 0 Å². The van der Waals surface area contributed by atoms with Gasteiger partial charge in [0, 0.05) is 16.8 Å². The van der Waals surface area contributed by atoms with Crippen molar-refractivity contribution in [1.29, 1.82) is 0 Å². The highest BCUT2D eigenvalue weighted by atomic mass is 35.5. The number of anilines is 1. The van der Waals surface area contributed by atoms with Gasteiger partial charge in [0.1, 0.15) is 0 Å². The van der Waals surface area contributed by atoms with Crippen molar-refractivity contribution in [3.8, 4) is 0 Å². The van der Waals surface area contributed by atoms with Crippen LogP contribution >= 0.6 is 11.6 Å². The summed E-state index contributed by atoms with van der Waals surface area (Å²) in [6, 6.07) is 15.5. The largest absolute Gasteiger partial charge is 0.382 e. The zero-order valence-corrected chi connectivity index (χ0v) is 12.7. The van der Waals surface area contributed by atoms with Crippen LogP contribution in [0.4, 0.5) is 5.69 Å². The van der Waals surface area contributed by atoms with Gasteiger partial charge in [0.05, 0.1) is 0 Å². The quantitative estimate of drug-likeness (QED) is 0.805. The van der Waals surface area contributed by atoms with Gasteiger partial charge in [-0.2, -0.15) is 0 Å². The highest BCUT2D eigenvalue weighted by Crippen LogP contribution is 2.39. The molecule has 0 aromatic heterocycles. The number of hydrogen-bond donors (Lipinski definition) is 1. The van der Waals surface area contributed by atoms with Gasteiger partial charge in [0.2, 0.25) is 0 Å². The molecular formula is C18H20ClN. The van der Waals surface area contributed by atoms with Crippen molar-refractivity contribution in [3.63, 3.8) is 0 Å². The van der Waals surface area contributed by atoms with Crippen molar-refractivity contribution in [2.45, 2.75) is 38.6 Å². The number of aryl methyl sites for hydroxylation is 2. The summed E-state index contributed by atoms with van der Waals surface area (Å²) in [5, 5.41) is 4.48. The molecule has 20 heavy (non-hydrogen) atoms. The molecule has 0 heterocycles. The molecule has 1 aliphatic rings. The molecule has 3 rings (SSSR count). The first-order valence-electron chi connectivity index (χ1n) is 7.20. The van der Waals surface area contributed by atoms with E-state index in [4.69, 9.17) is 11.6 Å². The van der Waals surface area contributed by atoms with Crippen molar-refractivity contribution in [2.75, 3.05) is 5.32 Å². The van der Waals surface area contributed by atoms with Crippen LogP contribution in [0.25, 0.3) is 0 Å². The lowest BCUT2D eigenvalue weighted by Gasteiger charge is -2.37. The number of rotatable bonds is 3. The van der Waals surface area contributed by atoms with Gasteiger partial charge < -0.3 is 5.32 Å². The maximum Gasteiger partial charge on any atom is 0.0408 e. The second-order valence-electron chi connectivity index (χ2n) is 5.94. The van der Waals surface area contributed by atoms with Crippen molar-refractivity contribution >= 4 is 17.3 Å². The van der Waals surface area contributed by atoms with Gasteiger partial charge in [0.15, 0.2) is 0 Å². The Balaban J connectivity index is 1.61. The molecule has 0 bridgehead atoms. The van der Waals surface area contributed by atoms with E-state index in [1.165, 1.54) is 35.2 Å². The minimum absolute atomic E-state index is 0.584. The van der Waals surface area contributed by atoms with E-state index in [1.54, 1.807) is 0 Å². The van der Waals surface area contributed by atoms with Gasteiger partial charge in [-0.3, -0.25) is 0 Å². The summed E-state index contributed by atoms with van der Waals surface area (Å²) in [6.45, 7) is 4.29. The number of benzene rings is 2. The third kappa shape index (κ3) is 2.99. The van der Waals surface area contributed by atoms with E-state index >= 15 is 0 Å². The average molecular weight is 286 g/mol. The predicted molar refractivity (Wildman–Crippen MR) is 86.8 cm³/mol. The van der Waals surface area contributed by atoms with Crippen molar-refractivity contribution in [1.82, 2.24) is 0 Å². The summed E-state index contributed by atoms with van der Waals surface area (Å²) in [7, 11) is 0. The Morgan fingerprint density at radius 1 is 1.00 bits per heavy atom. The van der Waals surface area contributed by atoms with Crippen LogP contribution in [0.1, 0.15) is 35.4 Å². The second-order valence-corrected chi connectivity index (χ2v) is 6.38. The highest BCUT2D eigenvalue weighted by molar-refractivity contribution is 6.30. The van der Waals surface area contributed by atoms with Crippen LogP contribution in [0, 0.1) is 13.8 Å². The Morgan fingerprint density at radius 3 is 2.35 bits per heavy atom. The number of halogens is 1. The van der Waals surface area contributed by atoms with Crippen molar-refractivity contribution in [2.24, 2.45) is 0 Å². The standard InChI is InChI=1S/C18H20ClN/c1-12-6-13(2)8-17(7-12)20-18-10-15(11-18)14-4-3-5-16(19)9-14/h3-9,15,18,20H,10-11H2,1-2H3. The van der Waals surface area contributed by atoms with Gasteiger partial charge in [-0.1, -0.05) is 29.8 Å². The molecule has 1 N–H and O–H groups in total. The molecular weight excluding hydrogens is 266 g/mol. The first-order chi connectivity index (χ1) is 9.60. The molecule has 1 nitrogen and oxygen atoms in total. The summed E-state index contributed by atoms with van der Waals surface area (Å²) in [4.78, 5) is 0. The minimum Gasteiger partial charge on any atom is -0.382 e. The molecule has 104 valence electrons.